The predicted molar refractivity (Wildman–Crippen MR) is 104 cm³/mol. The quantitative estimate of drug-likeness (QED) is 0.467. The first-order valence-corrected chi connectivity index (χ1v) is 8.45. The van der Waals surface area contributed by atoms with Crippen LogP contribution in [0.15, 0.2) is 70.6 Å². The molecule has 0 saturated carbocycles. The first-order valence-electron chi connectivity index (χ1n) is 8.45. The van der Waals surface area contributed by atoms with Gasteiger partial charge in [0.05, 0.1) is 6.42 Å². The van der Waals surface area contributed by atoms with Crippen molar-refractivity contribution in [3.63, 3.8) is 0 Å². The van der Waals surface area contributed by atoms with Crippen molar-refractivity contribution in [3.8, 4) is 0 Å². The topological polar surface area (TPSA) is 121 Å². The molecule has 27 heavy (non-hydrogen) atoms. The van der Waals surface area contributed by atoms with E-state index in [1.54, 1.807) is 0 Å². The van der Waals surface area contributed by atoms with Gasteiger partial charge in [0.2, 0.25) is 17.8 Å². The molecule has 0 spiro atoms. The van der Waals surface area contributed by atoms with Crippen molar-refractivity contribution in [2.24, 2.45) is 15.7 Å². The van der Waals surface area contributed by atoms with Gasteiger partial charge in [-0.15, -0.1) is 0 Å². The monoisotopic (exact) mass is 364 g/mol. The van der Waals surface area contributed by atoms with Crippen LogP contribution in [0.25, 0.3) is 0 Å². The van der Waals surface area contributed by atoms with Crippen molar-refractivity contribution in [1.29, 1.82) is 0 Å². The minimum atomic E-state index is -0.816. The van der Waals surface area contributed by atoms with Crippen LogP contribution in [0.5, 0.6) is 0 Å². The fraction of sp³-hybridized carbons (Fsp3) is 0.158. The highest BCUT2D eigenvalue weighted by molar-refractivity contribution is 6.11. The van der Waals surface area contributed by atoms with Crippen molar-refractivity contribution in [1.82, 2.24) is 10.6 Å². The van der Waals surface area contributed by atoms with Gasteiger partial charge in [-0.1, -0.05) is 48.5 Å². The van der Waals surface area contributed by atoms with Crippen LogP contribution in [0.2, 0.25) is 0 Å². The molecule has 1 aliphatic rings. The molecular weight excluding hydrogens is 344 g/mol. The molecule has 5 N–H and O–H groups in total. The number of para-hydroxylation sites is 1. The summed E-state index contributed by atoms with van der Waals surface area (Å²) in [5, 5.41) is 8.19. The zero-order valence-electron chi connectivity index (χ0n) is 14.6. The second kappa shape index (κ2) is 8.61. The number of nitrogens with one attached hydrogen (secondary N) is 3. The van der Waals surface area contributed by atoms with Crippen LogP contribution in [-0.4, -0.2) is 29.8 Å². The Morgan fingerprint density at radius 3 is 2.48 bits per heavy atom. The number of rotatable bonds is 5. The highest BCUT2D eigenvalue weighted by atomic mass is 16.2. The molecule has 8 heteroatoms. The first kappa shape index (κ1) is 18.1. The molecule has 0 fully saturated rings. The van der Waals surface area contributed by atoms with E-state index >= 15 is 0 Å². The van der Waals surface area contributed by atoms with Crippen LogP contribution in [0.4, 0.5) is 5.69 Å². The van der Waals surface area contributed by atoms with Crippen LogP contribution < -0.4 is 21.7 Å². The average molecular weight is 364 g/mol. The number of hydrogen-bond donors (Lipinski definition) is 4. The van der Waals surface area contributed by atoms with E-state index < -0.39 is 6.04 Å². The Balaban J connectivity index is 1.54. The van der Waals surface area contributed by atoms with E-state index in [0.29, 0.717) is 6.54 Å². The molecule has 0 saturated heterocycles. The Labute approximate surface area is 156 Å². The molecule has 0 radical (unpaired) electrons. The molecule has 0 unspecified atom stereocenters. The smallest absolute Gasteiger partial charge is 0.252 e. The first-order chi connectivity index (χ1) is 13.1. The van der Waals surface area contributed by atoms with E-state index in [2.05, 4.69) is 25.9 Å². The van der Waals surface area contributed by atoms with E-state index in [-0.39, 0.29) is 30.2 Å². The van der Waals surface area contributed by atoms with Crippen LogP contribution in [0, 0.1) is 0 Å². The Bertz CT molecular complexity index is 864. The van der Waals surface area contributed by atoms with Crippen LogP contribution in [-0.2, 0) is 16.1 Å². The van der Waals surface area contributed by atoms with Crippen molar-refractivity contribution < 1.29 is 9.59 Å². The summed E-state index contributed by atoms with van der Waals surface area (Å²) in [6.45, 7) is 0.399. The molecule has 138 valence electrons. The van der Waals surface area contributed by atoms with Gasteiger partial charge in [0.1, 0.15) is 6.04 Å². The lowest BCUT2D eigenvalue weighted by Gasteiger charge is -2.06. The standard InChI is InChI=1S/C19H20N6O2/c20-18(22-14-9-5-2-6-10-14)25-19-23-15(17(27)24-19)11-16(26)21-12-13-7-3-1-4-8-13/h1-10,15H,11-12H2,(H,21,26)(H4,20,22,23,24,25,27)/t15-/m1/s1. The minimum absolute atomic E-state index is 0.0519. The fourth-order valence-corrected chi connectivity index (χ4v) is 2.48. The van der Waals surface area contributed by atoms with E-state index in [4.69, 9.17) is 5.73 Å². The Kier molecular flexibility index (Phi) is 5.78. The highest BCUT2D eigenvalue weighted by Gasteiger charge is 2.28. The Morgan fingerprint density at radius 1 is 1.11 bits per heavy atom. The fourth-order valence-electron chi connectivity index (χ4n) is 2.48. The van der Waals surface area contributed by atoms with Gasteiger partial charge in [0, 0.05) is 12.2 Å². The molecule has 8 nitrogen and oxygen atoms in total. The number of amides is 2. The molecule has 1 heterocycles. The number of anilines is 1. The number of carbonyl (C=O) groups is 2. The minimum Gasteiger partial charge on any atom is -0.369 e. The Hall–Kier alpha value is -3.68. The number of hydrogen-bond acceptors (Lipinski definition) is 4. The molecule has 2 amide bonds. The molecule has 0 aliphatic carbocycles. The van der Waals surface area contributed by atoms with Crippen molar-refractivity contribution in [2.45, 2.75) is 19.0 Å². The third-order valence-corrected chi connectivity index (χ3v) is 3.80. The number of carbonyl (C=O) groups excluding carboxylic acids is 2. The van der Waals surface area contributed by atoms with E-state index in [0.717, 1.165) is 11.3 Å². The second-order valence-corrected chi connectivity index (χ2v) is 5.91. The second-order valence-electron chi connectivity index (χ2n) is 5.91. The number of aliphatic imine (C=N–C) groups is 2. The molecule has 2 aromatic rings. The highest BCUT2D eigenvalue weighted by Crippen LogP contribution is 2.08. The van der Waals surface area contributed by atoms with Gasteiger partial charge >= 0.3 is 0 Å². The normalized spacial score (nSPS) is 16.4. The SMILES string of the molecule is NC(=NC1=N[C@H](CC(=O)NCc2ccccc2)C(=O)N1)Nc1ccccc1. The predicted octanol–water partition coefficient (Wildman–Crippen LogP) is 0.974. The average Bonchev–Trinajstić information content (AvgIpc) is 3.00. The van der Waals surface area contributed by atoms with Crippen LogP contribution in [0.1, 0.15) is 12.0 Å². The van der Waals surface area contributed by atoms with Gasteiger partial charge in [0.25, 0.3) is 5.91 Å². The zero-order chi connectivity index (χ0) is 19.1. The van der Waals surface area contributed by atoms with Crippen LogP contribution >= 0.6 is 0 Å². The molecule has 2 aromatic carbocycles. The number of benzene rings is 2. The summed E-state index contributed by atoms with van der Waals surface area (Å²) < 4.78 is 0. The van der Waals surface area contributed by atoms with Crippen molar-refractivity contribution >= 4 is 29.4 Å². The van der Waals surface area contributed by atoms with E-state index in [9.17, 15) is 9.59 Å². The number of guanidine groups is 2. The van der Waals surface area contributed by atoms with Crippen molar-refractivity contribution in [3.05, 3.63) is 66.2 Å². The van der Waals surface area contributed by atoms with E-state index in [1.165, 1.54) is 0 Å². The molecule has 1 aliphatic heterocycles. The molecule has 0 bridgehead atoms. The van der Waals surface area contributed by atoms with Crippen molar-refractivity contribution in [2.75, 3.05) is 5.32 Å². The van der Waals surface area contributed by atoms with Gasteiger partial charge in [-0.05, 0) is 17.7 Å². The summed E-state index contributed by atoms with van der Waals surface area (Å²) in [4.78, 5) is 32.2. The summed E-state index contributed by atoms with van der Waals surface area (Å²) in [5.74, 6) is -0.462. The maximum Gasteiger partial charge on any atom is 0.252 e. The Morgan fingerprint density at radius 2 is 1.78 bits per heavy atom. The molecule has 0 aromatic heterocycles. The summed E-state index contributed by atoms with van der Waals surface area (Å²) in [6.07, 6.45) is -0.0519. The lowest BCUT2D eigenvalue weighted by atomic mass is 10.2. The largest absolute Gasteiger partial charge is 0.369 e. The van der Waals surface area contributed by atoms with Gasteiger partial charge in [-0.2, -0.15) is 4.99 Å². The molecule has 3 rings (SSSR count). The maximum atomic E-state index is 12.1. The van der Waals surface area contributed by atoms with Gasteiger partial charge in [-0.25, -0.2) is 4.99 Å². The third-order valence-electron chi connectivity index (χ3n) is 3.80. The lowest BCUT2D eigenvalue weighted by molar-refractivity contribution is -0.126. The maximum absolute atomic E-state index is 12.1. The number of nitrogens with zero attached hydrogens (tertiary/aromatic N) is 2. The summed E-state index contributed by atoms with van der Waals surface area (Å²) in [6, 6.07) is 18.0. The lowest BCUT2D eigenvalue weighted by Crippen LogP contribution is -2.33. The molecular formula is C19H20N6O2. The van der Waals surface area contributed by atoms with E-state index in [1.807, 2.05) is 60.7 Å². The zero-order valence-corrected chi connectivity index (χ0v) is 14.6. The summed E-state index contributed by atoms with van der Waals surface area (Å²) in [5.41, 5.74) is 7.56. The van der Waals surface area contributed by atoms with Gasteiger partial charge < -0.3 is 16.4 Å². The number of nitrogens with two attached hydrogens (primary N) is 1. The third kappa shape index (κ3) is 5.40. The van der Waals surface area contributed by atoms with Crippen LogP contribution in [0.3, 0.4) is 0 Å². The van der Waals surface area contributed by atoms with Gasteiger partial charge in [0.15, 0.2) is 0 Å². The summed E-state index contributed by atoms with van der Waals surface area (Å²) in [7, 11) is 0. The summed E-state index contributed by atoms with van der Waals surface area (Å²) >= 11 is 0. The van der Waals surface area contributed by atoms with Gasteiger partial charge in [-0.3, -0.25) is 14.9 Å². The molecule has 1 atom stereocenters.